The number of hydrogen-bond acceptors (Lipinski definition) is 2. The van der Waals surface area contributed by atoms with Crippen molar-refractivity contribution < 1.29 is 4.74 Å². The quantitative estimate of drug-likeness (QED) is 0.620. The van der Waals surface area contributed by atoms with E-state index >= 15 is 0 Å². The first-order chi connectivity index (χ1) is 9.29. The van der Waals surface area contributed by atoms with Crippen LogP contribution in [0.4, 0.5) is 0 Å². The summed E-state index contributed by atoms with van der Waals surface area (Å²) in [6.07, 6.45) is 2.63. The molecule has 1 aliphatic rings. The Kier molecular flexibility index (Phi) is 5.57. The fourth-order valence-corrected chi connectivity index (χ4v) is 2.35. The van der Waals surface area contributed by atoms with E-state index in [2.05, 4.69) is 29.7 Å². The van der Waals surface area contributed by atoms with Crippen molar-refractivity contribution in [3.8, 4) is 17.6 Å². The molecule has 0 aliphatic carbocycles. The highest BCUT2D eigenvalue weighted by Crippen LogP contribution is 2.19. The maximum Gasteiger partial charge on any atom is 0.134 e. The van der Waals surface area contributed by atoms with Crippen LogP contribution in [0.1, 0.15) is 24.0 Å². The molecule has 0 bridgehead atoms. The molecule has 3 heteroatoms. The maximum absolute atomic E-state index is 5.86. The Morgan fingerprint density at radius 2 is 2.11 bits per heavy atom. The van der Waals surface area contributed by atoms with Crippen LogP contribution in [0.5, 0.6) is 5.75 Å². The molecule has 0 N–H and O–H groups in total. The molecule has 0 amide bonds. The van der Waals surface area contributed by atoms with Crippen LogP contribution in [0.3, 0.4) is 0 Å². The topological polar surface area (TPSA) is 12.5 Å². The molecule has 1 fully saturated rings. The maximum atomic E-state index is 5.86. The summed E-state index contributed by atoms with van der Waals surface area (Å²) >= 11 is 5.61. The zero-order valence-electron chi connectivity index (χ0n) is 11.4. The molecule has 0 aromatic heterocycles. The molecule has 2 nitrogen and oxygen atoms in total. The van der Waals surface area contributed by atoms with Gasteiger partial charge in [-0.1, -0.05) is 17.9 Å². The molecule has 1 aromatic carbocycles. The molecular weight excluding hydrogens is 258 g/mol. The molecule has 1 heterocycles. The fourth-order valence-electron chi connectivity index (χ4n) is 2.29. The van der Waals surface area contributed by atoms with Crippen molar-refractivity contribution in [2.75, 3.05) is 32.1 Å². The lowest BCUT2D eigenvalue weighted by Crippen LogP contribution is -2.25. The van der Waals surface area contributed by atoms with Crippen LogP contribution < -0.4 is 4.74 Å². The minimum Gasteiger partial charge on any atom is -0.491 e. The van der Waals surface area contributed by atoms with Crippen molar-refractivity contribution in [1.29, 1.82) is 0 Å². The highest BCUT2D eigenvalue weighted by Gasteiger charge is 2.11. The van der Waals surface area contributed by atoms with Crippen LogP contribution in [0.15, 0.2) is 18.2 Å². The van der Waals surface area contributed by atoms with Crippen molar-refractivity contribution in [3.05, 3.63) is 29.3 Å². The summed E-state index contributed by atoms with van der Waals surface area (Å²) in [5, 5.41) is 0. The molecule has 102 valence electrons. The molecule has 1 aliphatic heterocycles. The summed E-state index contributed by atoms with van der Waals surface area (Å²) < 4.78 is 5.86. The second kappa shape index (κ2) is 7.43. The highest BCUT2D eigenvalue weighted by molar-refractivity contribution is 6.19. The number of rotatable bonds is 4. The molecule has 2 rings (SSSR count). The Hall–Kier alpha value is -1.17. The summed E-state index contributed by atoms with van der Waals surface area (Å²) in [7, 11) is 0. The van der Waals surface area contributed by atoms with E-state index in [1.165, 1.54) is 31.5 Å². The van der Waals surface area contributed by atoms with Crippen molar-refractivity contribution in [2.24, 2.45) is 0 Å². The van der Waals surface area contributed by atoms with Gasteiger partial charge < -0.3 is 4.74 Å². The van der Waals surface area contributed by atoms with E-state index in [1.54, 1.807) is 0 Å². The Morgan fingerprint density at radius 1 is 1.32 bits per heavy atom. The van der Waals surface area contributed by atoms with Gasteiger partial charge in [-0.15, -0.1) is 11.6 Å². The Labute approximate surface area is 120 Å². The van der Waals surface area contributed by atoms with Gasteiger partial charge in [0, 0.05) is 6.54 Å². The minimum absolute atomic E-state index is 0.348. The number of ether oxygens (including phenoxy) is 1. The first-order valence-electron chi connectivity index (χ1n) is 6.80. The van der Waals surface area contributed by atoms with Crippen LogP contribution in [-0.2, 0) is 0 Å². The van der Waals surface area contributed by atoms with Crippen LogP contribution in [0.25, 0.3) is 0 Å². The lowest BCUT2D eigenvalue weighted by Gasteiger charge is -2.15. The number of likely N-dealkylation sites (tertiary alicyclic amines) is 1. The van der Waals surface area contributed by atoms with Gasteiger partial charge in [0.25, 0.3) is 0 Å². The zero-order valence-corrected chi connectivity index (χ0v) is 12.2. The minimum atomic E-state index is 0.348. The smallest absolute Gasteiger partial charge is 0.134 e. The lowest BCUT2D eigenvalue weighted by atomic mass is 10.1. The third kappa shape index (κ3) is 4.45. The second-order valence-corrected chi connectivity index (χ2v) is 5.10. The van der Waals surface area contributed by atoms with Crippen molar-refractivity contribution in [2.45, 2.75) is 19.8 Å². The monoisotopic (exact) mass is 277 g/mol. The van der Waals surface area contributed by atoms with Gasteiger partial charge in [-0.25, -0.2) is 0 Å². The van der Waals surface area contributed by atoms with E-state index in [0.29, 0.717) is 5.88 Å². The second-order valence-electron chi connectivity index (χ2n) is 4.83. The third-order valence-corrected chi connectivity index (χ3v) is 3.42. The van der Waals surface area contributed by atoms with Crippen LogP contribution in [-0.4, -0.2) is 37.0 Å². The number of hydrogen-bond donors (Lipinski definition) is 0. The predicted octanol–water partition coefficient (Wildman–Crippen LogP) is 3.06. The van der Waals surface area contributed by atoms with Gasteiger partial charge in [0.15, 0.2) is 0 Å². The summed E-state index contributed by atoms with van der Waals surface area (Å²) in [6.45, 7) is 6.18. The fraction of sp³-hybridized carbons (Fsp3) is 0.500. The molecule has 1 aromatic rings. The Balaban J connectivity index is 1.94. The number of benzene rings is 1. The van der Waals surface area contributed by atoms with Gasteiger partial charge in [0.2, 0.25) is 0 Å². The predicted molar refractivity (Wildman–Crippen MR) is 79.9 cm³/mol. The van der Waals surface area contributed by atoms with Gasteiger partial charge in [0.05, 0.1) is 11.4 Å². The lowest BCUT2D eigenvalue weighted by molar-refractivity contribution is 0.237. The van der Waals surface area contributed by atoms with Crippen molar-refractivity contribution in [1.82, 2.24) is 4.90 Å². The largest absolute Gasteiger partial charge is 0.491 e. The standard InChI is InChI=1S/C16H20ClNO/c1-14-6-7-16(15(13-14)5-4-8-17)19-12-11-18-9-2-3-10-18/h6-7,13H,2-3,8-12H2,1H3. The Bertz CT molecular complexity index is 469. The number of alkyl halides is 1. The summed E-state index contributed by atoms with van der Waals surface area (Å²) in [6, 6.07) is 6.10. The Morgan fingerprint density at radius 3 is 2.84 bits per heavy atom. The third-order valence-electron chi connectivity index (χ3n) is 3.29. The average molecular weight is 278 g/mol. The summed E-state index contributed by atoms with van der Waals surface area (Å²) in [5.74, 6) is 7.16. The van der Waals surface area contributed by atoms with Gasteiger partial charge in [-0.2, -0.15) is 0 Å². The number of aryl methyl sites for hydroxylation is 1. The van der Waals surface area contributed by atoms with Crippen LogP contribution >= 0.6 is 11.6 Å². The highest BCUT2D eigenvalue weighted by atomic mass is 35.5. The van der Waals surface area contributed by atoms with E-state index in [0.717, 1.165) is 24.5 Å². The number of halogens is 1. The van der Waals surface area contributed by atoms with Gasteiger partial charge in [-0.3, -0.25) is 4.90 Å². The molecule has 0 radical (unpaired) electrons. The summed E-state index contributed by atoms with van der Waals surface area (Å²) in [5.41, 5.74) is 2.12. The van der Waals surface area contributed by atoms with Crippen molar-refractivity contribution in [3.63, 3.8) is 0 Å². The van der Waals surface area contributed by atoms with Gasteiger partial charge in [-0.05, 0) is 50.6 Å². The first kappa shape index (κ1) is 14.2. The van der Waals surface area contributed by atoms with E-state index in [4.69, 9.17) is 16.3 Å². The van der Waals surface area contributed by atoms with E-state index < -0.39 is 0 Å². The average Bonchev–Trinajstić information content (AvgIpc) is 2.91. The van der Waals surface area contributed by atoms with Crippen molar-refractivity contribution >= 4 is 11.6 Å². The normalized spacial score (nSPS) is 15.1. The SMILES string of the molecule is Cc1ccc(OCCN2CCCC2)c(C#CCCl)c1. The molecular formula is C16H20ClNO. The molecule has 0 saturated carbocycles. The van der Waals surface area contributed by atoms with E-state index in [9.17, 15) is 0 Å². The number of nitrogens with zero attached hydrogens (tertiary/aromatic N) is 1. The summed E-state index contributed by atoms with van der Waals surface area (Å²) in [4.78, 5) is 2.44. The molecule has 0 atom stereocenters. The molecule has 0 spiro atoms. The molecule has 19 heavy (non-hydrogen) atoms. The van der Waals surface area contributed by atoms with Crippen LogP contribution in [0, 0.1) is 18.8 Å². The van der Waals surface area contributed by atoms with Gasteiger partial charge in [0.1, 0.15) is 12.4 Å². The van der Waals surface area contributed by atoms with E-state index in [-0.39, 0.29) is 0 Å². The molecule has 0 unspecified atom stereocenters. The zero-order chi connectivity index (χ0) is 13.5. The van der Waals surface area contributed by atoms with E-state index in [1.807, 2.05) is 12.1 Å². The van der Waals surface area contributed by atoms with Crippen LogP contribution in [0.2, 0.25) is 0 Å². The molecule has 1 saturated heterocycles. The van der Waals surface area contributed by atoms with Gasteiger partial charge >= 0.3 is 0 Å². The first-order valence-corrected chi connectivity index (χ1v) is 7.33.